The van der Waals surface area contributed by atoms with Crippen molar-refractivity contribution in [2.24, 2.45) is 11.8 Å². The SMILES string of the molecule is CCCCC[C@@H](O)/C=C/[C@@H]1[C@@H](C/C=C\CCCC(=O)O)[C@@H]2C[C@H]1OO2. The van der Waals surface area contributed by atoms with Crippen molar-refractivity contribution < 1.29 is 24.8 Å². The number of aliphatic hydroxyl groups is 1. The van der Waals surface area contributed by atoms with Crippen molar-refractivity contribution in [3.05, 3.63) is 24.3 Å². The van der Waals surface area contributed by atoms with Crippen LogP contribution in [-0.4, -0.2) is 34.5 Å². The van der Waals surface area contributed by atoms with Crippen LogP contribution in [0.1, 0.15) is 64.7 Å². The van der Waals surface area contributed by atoms with Crippen molar-refractivity contribution in [1.82, 2.24) is 0 Å². The summed E-state index contributed by atoms with van der Waals surface area (Å²) in [6.07, 6.45) is 15.8. The standard InChI is InChI=1S/C20H32O5/c1-2-3-6-9-15(21)12-13-17-16(18-14-19(17)25-24-18)10-7-4-5-8-11-20(22)23/h4,7,12-13,15-19,21H,2-3,5-6,8-11,14H2,1H3,(H,22,23)/b7-4-,13-12+/t15-,16-,17-,18+,19-/m1/s1. The second-order valence-electron chi connectivity index (χ2n) is 7.19. The third-order valence-corrected chi connectivity index (χ3v) is 5.16. The van der Waals surface area contributed by atoms with E-state index in [2.05, 4.69) is 25.2 Å². The zero-order valence-corrected chi connectivity index (χ0v) is 15.2. The van der Waals surface area contributed by atoms with E-state index in [-0.39, 0.29) is 30.7 Å². The minimum Gasteiger partial charge on any atom is -0.481 e. The maximum atomic E-state index is 10.5. The number of aliphatic carboxylic acids is 1. The molecule has 1 aliphatic heterocycles. The molecule has 0 unspecified atom stereocenters. The summed E-state index contributed by atoms with van der Waals surface area (Å²) in [5.74, 6) is -0.0912. The Morgan fingerprint density at radius 2 is 2.00 bits per heavy atom. The highest BCUT2D eigenvalue weighted by Crippen LogP contribution is 2.44. The van der Waals surface area contributed by atoms with Gasteiger partial charge in [0.1, 0.15) is 6.10 Å². The van der Waals surface area contributed by atoms with Crippen LogP contribution in [-0.2, 0) is 14.6 Å². The summed E-state index contributed by atoms with van der Waals surface area (Å²) in [5.41, 5.74) is 0. The molecule has 0 aromatic carbocycles. The van der Waals surface area contributed by atoms with Gasteiger partial charge in [0.05, 0.1) is 12.2 Å². The summed E-state index contributed by atoms with van der Waals surface area (Å²) < 4.78 is 0. The normalized spacial score (nSPS) is 29.8. The zero-order valence-electron chi connectivity index (χ0n) is 15.2. The Labute approximate surface area is 150 Å². The molecule has 1 heterocycles. The van der Waals surface area contributed by atoms with Crippen molar-refractivity contribution in [2.75, 3.05) is 0 Å². The van der Waals surface area contributed by atoms with Crippen LogP contribution in [0.3, 0.4) is 0 Å². The first-order valence-corrected chi connectivity index (χ1v) is 9.67. The van der Waals surface area contributed by atoms with E-state index in [1.54, 1.807) is 0 Å². The molecule has 2 aliphatic rings. The minimum atomic E-state index is -0.741. The lowest BCUT2D eigenvalue weighted by atomic mass is 9.89. The van der Waals surface area contributed by atoms with Gasteiger partial charge in [0, 0.05) is 24.7 Å². The first-order chi connectivity index (χ1) is 12.1. The molecule has 5 heteroatoms. The number of carboxylic acid groups (broad SMARTS) is 1. The molecule has 2 N–H and O–H groups in total. The summed E-state index contributed by atoms with van der Waals surface area (Å²) in [6.45, 7) is 2.16. The van der Waals surface area contributed by atoms with Crippen molar-refractivity contribution in [3.8, 4) is 0 Å². The summed E-state index contributed by atoms with van der Waals surface area (Å²) in [7, 11) is 0. The second kappa shape index (κ2) is 10.7. The first-order valence-electron chi connectivity index (χ1n) is 9.67. The number of allylic oxidation sites excluding steroid dienone is 2. The average Bonchev–Trinajstić information content (AvgIpc) is 3.17. The molecule has 1 aliphatic carbocycles. The van der Waals surface area contributed by atoms with Crippen LogP contribution < -0.4 is 0 Å². The molecule has 25 heavy (non-hydrogen) atoms. The van der Waals surface area contributed by atoms with Crippen LogP contribution in [0.5, 0.6) is 0 Å². The van der Waals surface area contributed by atoms with Crippen molar-refractivity contribution >= 4 is 5.97 Å². The van der Waals surface area contributed by atoms with Crippen LogP contribution in [0.25, 0.3) is 0 Å². The lowest BCUT2D eigenvalue weighted by Gasteiger charge is -2.27. The number of carbonyl (C=O) groups is 1. The molecule has 0 aromatic heterocycles. The van der Waals surface area contributed by atoms with Gasteiger partial charge in [0.15, 0.2) is 0 Å². The molecule has 2 bridgehead atoms. The van der Waals surface area contributed by atoms with E-state index in [0.717, 1.165) is 44.9 Å². The number of rotatable bonds is 12. The topological polar surface area (TPSA) is 76.0 Å². The Hall–Kier alpha value is -1.17. The van der Waals surface area contributed by atoms with Gasteiger partial charge in [-0.2, -0.15) is 0 Å². The number of fused-ring (bicyclic) bond motifs is 2. The summed E-state index contributed by atoms with van der Waals surface area (Å²) in [4.78, 5) is 21.3. The molecule has 1 saturated carbocycles. The second-order valence-corrected chi connectivity index (χ2v) is 7.19. The average molecular weight is 352 g/mol. The quantitative estimate of drug-likeness (QED) is 0.315. The highest BCUT2D eigenvalue weighted by Gasteiger charge is 2.49. The molecule has 1 saturated heterocycles. The fourth-order valence-electron chi connectivity index (χ4n) is 3.72. The van der Waals surface area contributed by atoms with E-state index in [0.29, 0.717) is 12.3 Å². The van der Waals surface area contributed by atoms with E-state index in [9.17, 15) is 9.90 Å². The molecule has 0 amide bonds. The van der Waals surface area contributed by atoms with Crippen LogP contribution >= 0.6 is 0 Å². The third-order valence-electron chi connectivity index (χ3n) is 5.16. The lowest BCUT2D eigenvalue weighted by Crippen LogP contribution is -2.28. The Balaban J connectivity index is 1.78. The van der Waals surface area contributed by atoms with Gasteiger partial charge in [-0.25, -0.2) is 9.78 Å². The van der Waals surface area contributed by atoms with E-state index >= 15 is 0 Å². The molecule has 2 rings (SSSR count). The van der Waals surface area contributed by atoms with E-state index in [1.807, 2.05) is 6.08 Å². The smallest absolute Gasteiger partial charge is 0.303 e. The van der Waals surface area contributed by atoms with Gasteiger partial charge in [0.25, 0.3) is 0 Å². The van der Waals surface area contributed by atoms with Crippen LogP contribution in [0.4, 0.5) is 0 Å². The molecular formula is C20H32O5. The van der Waals surface area contributed by atoms with E-state index in [1.165, 1.54) is 0 Å². The molecule has 5 nitrogen and oxygen atoms in total. The van der Waals surface area contributed by atoms with Gasteiger partial charge in [0.2, 0.25) is 0 Å². The van der Waals surface area contributed by atoms with E-state index in [4.69, 9.17) is 14.9 Å². The Morgan fingerprint density at radius 3 is 2.76 bits per heavy atom. The van der Waals surface area contributed by atoms with Gasteiger partial charge in [-0.3, -0.25) is 4.79 Å². The third kappa shape index (κ3) is 6.57. The van der Waals surface area contributed by atoms with Crippen molar-refractivity contribution in [2.45, 2.75) is 83.0 Å². The van der Waals surface area contributed by atoms with Crippen molar-refractivity contribution in [3.63, 3.8) is 0 Å². The molecule has 142 valence electrons. The van der Waals surface area contributed by atoms with Gasteiger partial charge in [-0.1, -0.05) is 50.5 Å². The highest BCUT2D eigenvalue weighted by atomic mass is 17.2. The molecule has 0 radical (unpaired) electrons. The Kier molecular flexibility index (Phi) is 8.65. The molecule has 0 aromatic rings. The molecule has 0 spiro atoms. The van der Waals surface area contributed by atoms with Gasteiger partial charge >= 0.3 is 5.97 Å². The minimum absolute atomic E-state index is 0.0921. The number of hydrogen-bond acceptors (Lipinski definition) is 4. The molecule has 2 fully saturated rings. The van der Waals surface area contributed by atoms with Gasteiger partial charge in [-0.05, 0) is 25.7 Å². The summed E-state index contributed by atoms with van der Waals surface area (Å²) >= 11 is 0. The number of carboxylic acids is 1. The molecular weight excluding hydrogens is 320 g/mol. The van der Waals surface area contributed by atoms with Crippen molar-refractivity contribution in [1.29, 1.82) is 0 Å². The predicted molar refractivity (Wildman–Crippen MR) is 95.9 cm³/mol. The predicted octanol–water partition coefficient (Wildman–Crippen LogP) is 4.02. The van der Waals surface area contributed by atoms with Crippen LogP contribution in [0.15, 0.2) is 24.3 Å². The highest BCUT2D eigenvalue weighted by molar-refractivity contribution is 5.66. The maximum Gasteiger partial charge on any atom is 0.303 e. The zero-order chi connectivity index (χ0) is 18.1. The first kappa shape index (κ1) is 20.1. The monoisotopic (exact) mass is 352 g/mol. The van der Waals surface area contributed by atoms with E-state index < -0.39 is 5.97 Å². The fourth-order valence-corrected chi connectivity index (χ4v) is 3.72. The Bertz CT molecular complexity index is 459. The largest absolute Gasteiger partial charge is 0.481 e. The summed E-state index contributed by atoms with van der Waals surface area (Å²) in [5, 5.41) is 18.7. The van der Waals surface area contributed by atoms with Gasteiger partial charge in [-0.15, -0.1) is 0 Å². The lowest BCUT2D eigenvalue weighted by molar-refractivity contribution is -0.336. The maximum absolute atomic E-state index is 10.5. The Morgan fingerprint density at radius 1 is 1.20 bits per heavy atom. The fraction of sp³-hybridized carbons (Fsp3) is 0.750. The van der Waals surface area contributed by atoms with Crippen LogP contribution in [0.2, 0.25) is 0 Å². The number of hydrogen-bond donors (Lipinski definition) is 2. The number of aliphatic hydroxyl groups excluding tert-OH is 1. The van der Waals surface area contributed by atoms with Gasteiger partial charge < -0.3 is 10.2 Å². The molecule has 5 atom stereocenters. The summed E-state index contributed by atoms with van der Waals surface area (Å²) in [6, 6.07) is 0. The number of unbranched alkanes of at least 4 members (excludes halogenated alkanes) is 3. The van der Waals surface area contributed by atoms with Crippen LogP contribution in [0, 0.1) is 11.8 Å².